The molecule has 96 valence electrons. The van der Waals surface area contributed by atoms with E-state index in [-0.39, 0.29) is 0 Å². The summed E-state index contributed by atoms with van der Waals surface area (Å²) in [5, 5.41) is 0. The van der Waals surface area contributed by atoms with E-state index in [1.807, 2.05) is 0 Å². The van der Waals surface area contributed by atoms with Crippen LogP contribution in [0.15, 0.2) is 0 Å². The van der Waals surface area contributed by atoms with Gasteiger partial charge in [-0.05, 0) is 0 Å². The quantitative estimate of drug-likeness (QED) is 0.592. The average Bonchev–Trinajstić information content (AvgIpc) is 1.71. The van der Waals surface area contributed by atoms with Crippen molar-refractivity contribution in [3.05, 3.63) is 0 Å². The molecular formula is C2H2F3NO7S3. The molecule has 0 aliphatic rings. The van der Waals surface area contributed by atoms with Gasteiger partial charge in [0, 0.05) is 0 Å². The maximum atomic E-state index is 12.4. The minimum Gasteiger partial charge on any atom is -0.366 e. The highest BCUT2D eigenvalue weighted by Gasteiger charge is 2.74. The predicted octanol–water partition coefficient (Wildman–Crippen LogP) is -1.98. The normalized spacial score (nSPS) is 14.7. The molecular weight excluding hydrogens is 303 g/mol. The van der Waals surface area contributed by atoms with Crippen LogP contribution in [0.25, 0.3) is 0 Å². The third-order valence-electron chi connectivity index (χ3n) is 1.26. The standard InChI is InChI=1S/C2H2F3NO7S3/c3-14(8,9)2(1(6)7,15(4,10)11)16(5,12)13/h(H2,6,7). The van der Waals surface area contributed by atoms with E-state index in [0.717, 1.165) is 0 Å². The SMILES string of the molecule is NC(=O)C(S(=O)(=O)F)(S(=O)(=O)F)S(=O)(=O)F. The minimum absolute atomic E-state index is 3.08. The minimum atomic E-state index is -7.04. The Balaban J connectivity index is 6.96. The second-order valence-electron chi connectivity index (χ2n) is 2.23. The van der Waals surface area contributed by atoms with E-state index >= 15 is 0 Å². The molecule has 1 amide bonds. The van der Waals surface area contributed by atoms with E-state index < -0.39 is 40.0 Å². The van der Waals surface area contributed by atoms with E-state index in [0.29, 0.717) is 0 Å². The molecule has 2 N–H and O–H groups in total. The summed E-state index contributed by atoms with van der Waals surface area (Å²) in [6.07, 6.45) is 0. The number of halogens is 3. The number of carbonyl (C=O) groups is 1. The van der Waals surface area contributed by atoms with Gasteiger partial charge >= 0.3 is 34.1 Å². The fourth-order valence-electron chi connectivity index (χ4n) is 0.717. The first-order valence-corrected chi connectivity index (χ1v) is 6.97. The van der Waals surface area contributed by atoms with Crippen LogP contribution in [0, 0.1) is 0 Å². The van der Waals surface area contributed by atoms with Crippen molar-refractivity contribution in [3.63, 3.8) is 0 Å². The lowest BCUT2D eigenvalue weighted by Crippen LogP contribution is -2.57. The first-order chi connectivity index (χ1) is 6.69. The van der Waals surface area contributed by atoms with Crippen LogP contribution >= 0.6 is 0 Å². The molecule has 0 radical (unpaired) electrons. The summed E-state index contributed by atoms with van der Waals surface area (Å²) in [6, 6.07) is 0. The van der Waals surface area contributed by atoms with Crippen LogP contribution in [0.1, 0.15) is 0 Å². The monoisotopic (exact) mass is 305 g/mol. The Labute approximate surface area is 87.9 Å². The van der Waals surface area contributed by atoms with Gasteiger partial charge in [-0.25, -0.2) is 0 Å². The predicted molar refractivity (Wildman–Crippen MR) is 42.0 cm³/mol. The van der Waals surface area contributed by atoms with Crippen LogP contribution in [0.5, 0.6) is 0 Å². The highest BCUT2D eigenvalue weighted by molar-refractivity contribution is 8.23. The Morgan fingerprint density at radius 1 is 0.812 bits per heavy atom. The Bertz CT molecular complexity index is 535. The summed E-state index contributed by atoms with van der Waals surface area (Å²) in [5.41, 5.74) is 3.93. The van der Waals surface area contributed by atoms with Crippen molar-refractivity contribution in [2.45, 2.75) is 3.41 Å². The number of hydrogen-bond acceptors (Lipinski definition) is 7. The molecule has 0 saturated carbocycles. The molecule has 0 spiro atoms. The number of carbonyl (C=O) groups excluding carboxylic acids is 1. The van der Waals surface area contributed by atoms with Crippen LogP contribution in [-0.2, 0) is 35.5 Å². The lowest BCUT2D eigenvalue weighted by atomic mass is 10.7. The van der Waals surface area contributed by atoms with Gasteiger partial charge in [0.1, 0.15) is 0 Å². The van der Waals surface area contributed by atoms with Crippen LogP contribution in [0.2, 0.25) is 0 Å². The van der Waals surface area contributed by atoms with E-state index in [1.165, 1.54) is 0 Å². The summed E-state index contributed by atoms with van der Waals surface area (Å²) in [4.78, 5) is 10.3. The molecule has 0 fully saturated rings. The van der Waals surface area contributed by atoms with Gasteiger partial charge in [-0.3, -0.25) is 4.79 Å². The summed E-state index contributed by atoms with van der Waals surface area (Å²) >= 11 is 0. The van der Waals surface area contributed by atoms with E-state index in [1.54, 1.807) is 0 Å². The molecule has 0 saturated heterocycles. The van der Waals surface area contributed by atoms with E-state index in [9.17, 15) is 41.7 Å². The zero-order valence-electron chi connectivity index (χ0n) is 6.79. The summed E-state index contributed by atoms with van der Waals surface area (Å²) in [6.45, 7) is 0. The number of primary amides is 1. The van der Waals surface area contributed by atoms with Gasteiger partial charge in [0.05, 0.1) is 0 Å². The number of nitrogens with two attached hydrogens (primary N) is 1. The van der Waals surface area contributed by atoms with Gasteiger partial charge < -0.3 is 5.73 Å². The van der Waals surface area contributed by atoms with Crippen LogP contribution in [0.3, 0.4) is 0 Å². The first kappa shape index (κ1) is 15.1. The Morgan fingerprint density at radius 2 is 1.00 bits per heavy atom. The van der Waals surface area contributed by atoms with Gasteiger partial charge in [0.2, 0.25) is 0 Å². The van der Waals surface area contributed by atoms with Crippen molar-refractivity contribution in [1.82, 2.24) is 0 Å². The van der Waals surface area contributed by atoms with E-state index in [2.05, 4.69) is 5.73 Å². The molecule has 14 heteroatoms. The highest BCUT2D eigenvalue weighted by atomic mass is 32.4. The summed E-state index contributed by atoms with van der Waals surface area (Å²) in [7, 11) is -21.1. The molecule has 0 rings (SSSR count). The number of amides is 1. The van der Waals surface area contributed by atoms with Crippen molar-refractivity contribution in [3.8, 4) is 0 Å². The molecule has 8 nitrogen and oxygen atoms in total. The topological polar surface area (TPSA) is 146 Å². The largest absolute Gasteiger partial charge is 0.433 e. The molecule has 0 unspecified atom stereocenters. The fraction of sp³-hybridized carbons (Fsp3) is 0.500. The Kier molecular flexibility index (Phi) is 3.36. The molecule has 0 heterocycles. The third-order valence-corrected chi connectivity index (χ3v) is 7.38. The van der Waals surface area contributed by atoms with Crippen LogP contribution in [-0.4, -0.2) is 34.6 Å². The molecule has 0 aliphatic carbocycles. The third kappa shape index (κ3) is 1.86. The van der Waals surface area contributed by atoms with Crippen molar-refractivity contribution >= 4 is 36.6 Å². The zero-order chi connectivity index (χ0) is 13.6. The van der Waals surface area contributed by atoms with Gasteiger partial charge in [-0.1, -0.05) is 0 Å². The second kappa shape index (κ2) is 3.56. The molecule has 0 aromatic heterocycles. The van der Waals surface area contributed by atoms with Gasteiger partial charge in [0.15, 0.2) is 0 Å². The van der Waals surface area contributed by atoms with Crippen molar-refractivity contribution in [2.24, 2.45) is 5.73 Å². The van der Waals surface area contributed by atoms with Crippen molar-refractivity contribution in [1.29, 1.82) is 0 Å². The molecule has 0 aromatic carbocycles. The smallest absolute Gasteiger partial charge is 0.366 e. The lowest BCUT2D eigenvalue weighted by molar-refractivity contribution is -0.117. The first-order valence-electron chi connectivity index (χ1n) is 2.82. The van der Waals surface area contributed by atoms with Crippen LogP contribution in [0.4, 0.5) is 11.7 Å². The van der Waals surface area contributed by atoms with E-state index in [4.69, 9.17) is 0 Å². The maximum absolute atomic E-state index is 12.4. The zero-order valence-corrected chi connectivity index (χ0v) is 9.24. The van der Waals surface area contributed by atoms with Crippen LogP contribution < -0.4 is 5.73 Å². The van der Waals surface area contributed by atoms with Crippen molar-refractivity contribution < 1.29 is 41.7 Å². The maximum Gasteiger partial charge on any atom is 0.433 e. The van der Waals surface area contributed by atoms with Crippen molar-refractivity contribution in [2.75, 3.05) is 0 Å². The highest BCUT2D eigenvalue weighted by Crippen LogP contribution is 2.35. The van der Waals surface area contributed by atoms with Gasteiger partial charge in [0.25, 0.3) is 5.91 Å². The number of rotatable bonds is 4. The number of hydrogen-bond donors (Lipinski definition) is 1. The second-order valence-corrected chi connectivity index (χ2v) is 7.47. The van der Waals surface area contributed by atoms with Gasteiger partial charge in [-0.15, -0.1) is 11.7 Å². The Hall–Kier alpha value is -0.890. The Morgan fingerprint density at radius 3 is 1.00 bits per heavy atom. The fourth-order valence-corrected chi connectivity index (χ4v) is 4.29. The summed E-state index contributed by atoms with van der Waals surface area (Å²) in [5.74, 6) is -3.08. The van der Waals surface area contributed by atoms with Gasteiger partial charge in [-0.2, -0.15) is 25.3 Å². The molecule has 16 heavy (non-hydrogen) atoms. The lowest BCUT2D eigenvalue weighted by Gasteiger charge is -2.16. The molecule has 0 aliphatic heterocycles. The molecule has 0 aromatic rings. The molecule has 0 atom stereocenters. The average molecular weight is 305 g/mol. The summed E-state index contributed by atoms with van der Waals surface area (Å²) < 4.78 is 92.6. The molecule has 0 bridgehead atoms.